The van der Waals surface area contributed by atoms with Crippen molar-refractivity contribution in [1.82, 2.24) is 25.5 Å². The van der Waals surface area contributed by atoms with Crippen LogP contribution in [0, 0.1) is 0 Å². The molecule has 0 saturated heterocycles. The molecule has 0 radical (unpaired) electrons. The van der Waals surface area contributed by atoms with E-state index in [2.05, 4.69) is 26.2 Å². The Labute approximate surface area is 172 Å². The quantitative estimate of drug-likeness (QED) is 0.633. The van der Waals surface area contributed by atoms with Crippen LogP contribution in [0.25, 0.3) is 0 Å². The molecule has 3 rings (SSSR count). The Hall–Kier alpha value is -2.13. The summed E-state index contributed by atoms with van der Waals surface area (Å²) in [4.78, 5) is 24.8. The minimum atomic E-state index is -0.252. The van der Waals surface area contributed by atoms with Gasteiger partial charge in [-0.3, -0.25) is 9.59 Å². The standard InChI is InChI=1S/C18H23ClN6O2S/c1-2-9-20-17(27)14-8-7-12(19)10-15(14)21-16(26)11-28-18-22-23-24-25(18)13-5-3-4-6-13/h7-8,10,13H,2-6,9,11H2,1H3,(H,20,27)(H,21,26). The lowest BCUT2D eigenvalue weighted by molar-refractivity contribution is -0.113. The van der Waals surface area contributed by atoms with E-state index >= 15 is 0 Å². The van der Waals surface area contributed by atoms with Crippen LogP contribution in [0.15, 0.2) is 23.4 Å². The average molecular weight is 423 g/mol. The molecule has 0 aliphatic heterocycles. The molecule has 0 bridgehead atoms. The number of thioether (sulfide) groups is 1. The van der Waals surface area contributed by atoms with Crippen LogP contribution in [-0.4, -0.2) is 44.3 Å². The van der Waals surface area contributed by atoms with E-state index in [1.807, 2.05) is 11.6 Å². The summed E-state index contributed by atoms with van der Waals surface area (Å²) in [5.74, 6) is -0.361. The summed E-state index contributed by atoms with van der Waals surface area (Å²) in [7, 11) is 0. The number of carbonyl (C=O) groups is 2. The Morgan fingerprint density at radius 3 is 2.86 bits per heavy atom. The van der Waals surface area contributed by atoms with Crippen LogP contribution < -0.4 is 10.6 Å². The van der Waals surface area contributed by atoms with Crippen molar-refractivity contribution in [2.75, 3.05) is 17.6 Å². The number of hydrogen-bond acceptors (Lipinski definition) is 6. The van der Waals surface area contributed by atoms with Gasteiger partial charge in [0.25, 0.3) is 5.91 Å². The van der Waals surface area contributed by atoms with E-state index < -0.39 is 0 Å². The first-order chi connectivity index (χ1) is 13.6. The summed E-state index contributed by atoms with van der Waals surface area (Å²) in [5, 5.41) is 18.5. The highest BCUT2D eigenvalue weighted by Gasteiger charge is 2.22. The first-order valence-corrected chi connectivity index (χ1v) is 10.7. The molecule has 1 aliphatic carbocycles. The predicted molar refractivity (Wildman–Crippen MR) is 109 cm³/mol. The Morgan fingerprint density at radius 2 is 2.11 bits per heavy atom. The molecular formula is C18H23ClN6O2S. The molecular weight excluding hydrogens is 400 g/mol. The Bertz CT molecular complexity index is 837. The fraction of sp³-hybridized carbons (Fsp3) is 0.500. The van der Waals surface area contributed by atoms with Gasteiger partial charge in [-0.1, -0.05) is 43.1 Å². The molecule has 0 atom stereocenters. The summed E-state index contributed by atoms with van der Waals surface area (Å²) in [6, 6.07) is 5.12. The number of halogens is 1. The summed E-state index contributed by atoms with van der Waals surface area (Å²) in [6.07, 6.45) is 5.29. The number of nitrogens with one attached hydrogen (secondary N) is 2. The molecule has 1 saturated carbocycles. The van der Waals surface area contributed by atoms with Gasteiger partial charge in [-0.05, 0) is 47.9 Å². The molecule has 1 fully saturated rings. The van der Waals surface area contributed by atoms with Crippen molar-refractivity contribution in [2.45, 2.75) is 50.2 Å². The third-order valence-corrected chi connectivity index (χ3v) is 5.67. The third-order valence-electron chi connectivity index (χ3n) is 4.50. The number of hydrogen-bond donors (Lipinski definition) is 2. The molecule has 1 aromatic carbocycles. The fourth-order valence-electron chi connectivity index (χ4n) is 3.13. The van der Waals surface area contributed by atoms with Gasteiger partial charge in [0.1, 0.15) is 0 Å². The van der Waals surface area contributed by atoms with Gasteiger partial charge in [-0.15, -0.1) is 5.10 Å². The van der Waals surface area contributed by atoms with Crippen molar-refractivity contribution < 1.29 is 9.59 Å². The van der Waals surface area contributed by atoms with Gasteiger partial charge in [0.15, 0.2) is 0 Å². The molecule has 2 N–H and O–H groups in total. The van der Waals surface area contributed by atoms with E-state index in [0.717, 1.165) is 19.3 Å². The number of tetrazole rings is 1. The van der Waals surface area contributed by atoms with Crippen molar-refractivity contribution in [2.24, 2.45) is 0 Å². The van der Waals surface area contributed by atoms with Gasteiger partial charge in [0, 0.05) is 11.6 Å². The monoisotopic (exact) mass is 422 g/mol. The number of amides is 2. The average Bonchev–Trinajstić information content (AvgIpc) is 3.35. The van der Waals surface area contributed by atoms with Gasteiger partial charge in [-0.25, -0.2) is 4.68 Å². The molecule has 0 unspecified atom stereocenters. The zero-order valence-electron chi connectivity index (χ0n) is 15.7. The highest BCUT2D eigenvalue weighted by molar-refractivity contribution is 7.99. The van der Waals surface area contributed by atoms with E-state index in [1.165, 1.54) is 24.6 Å². The molecule has 10 heteroatoms. The maximum absolute atomic E-state index is 12.5. The van der Waals surface area contributed by atoms with E-state index in [1.54, 1.807) is 18.2 Å². The number of rotatable bonds is 8. The molecule has 150 valence electrons. The van der Waals surface area contributed by atoms with E-state index in [0.29, 0.717) is 34.0 Å². The second-order valence-corrected chi connectivity index (χ2v) is 8.01. The van der Waals surface area contributed by atoms with Crippen LogP contribution >= 0.6 is 23.4 Å². The predicted octanol–water partition coefficient (Wildman–Crippen LogP) is 3.31. The van der Waals surface area contributed by atoms with Crippen LogP contribution in [0.2, 0.25) is 5.02 Å². The molecule has 2 amide bonds. The summed E-state index contributed by atoms with van der Waals surface area (Å²) in [6.45, 7) is 2.54. The van der Waals surface area contributed by atoms with E-state index in [9.17, 15) is 9.59 Å². The summed E-state index contributed by atoms with van der Waals surface area (Å²) < 4.78 is 1.81. The van der Waals surface area contributed by atoms with Crippen molar-refractivity contribution in [1.29, 1.82) is 0 Å². The van der Waals surface area contributed by atoms with Gasteiger partial charge in [0.2, 0.25) is 11.1 Å². The van der Waals surface area contributed by atoms with Gasteiger partial charge in [0.05, 0.1) is 23.0 Å². The van der Waals surface area contributed by atoms with Gasteiger partial charge < -0.3 is 10.6 Å². The lowest BCUT2D eigenvalue weighted by Crippen LogP contribution is -2.26. The van der Waals surface area contributed by atoms with Crippen LogP contribution in [-0.2, 0) is 4.79 Å². The zero-order valence-corrected chi connectivity index (χ0v) is 17.2. The molecule has 8 nitrogen and oxygen atoms in total. The third kappa shape index (κ3) is 5.23. The minimum absolute atomic E-state index is 0.135. The minimum Gasteiger partial charge on any atom is -0.352 e. The second kappa shape index (κ2) is 9.88. The number of anilines is 1. The van der Waals surface area contributed by atoms with Crippen molar-refractivity contribution in [3.63, 3.8) is 0 Å². The van der Waals surface area contributed by atoms with E-state index in [4.69, 9.17) is 11.6 Å². The highest BCUT2D eigenvalue weighted by atomic mass is 35.5. The van der Waals surface area contributed by atoms with Crippen LogP contribution in [0.4, 0.5) is 5.69 Å². The van der Waals surface area contributed by atoms with E-state index in [-0.39, 0.29) is 17.6 Å². The van der Waals surface area contributed by atoms with Crippen LogP contribution in [0.1, 0.15) is 55.4 Å². The summed E-state index contributed by atoms with van der Waals surface area (Å²) >= 11 is 7.32. The Balaban J connectivity index is 1.63. The second-order valence-electron chi connectivity index (χ2n) is 6.63. The number of aromatic nitrogens is 4. The summed E-state index contributed by atoms with van der Waals surface area (Å²) in [5.41, 5.74) is 0.772. The van der Waals surface area contributed by atoms with Crippen molar-refractivity contribution in [3.05, 3.63) is 28.8 Å². The van der Waals surface area contributed by atoms with Crippen molar-refractivity contribution in [3.8, 4) is 0 Å². The topological polar surface area (TPSA) is 102 Å². The SMILES string of the molecule is CCCNC(=O)c1ccc(Cl)cc1NC(=O)CSc1nnnn1C1CCCC1. The van der Waals surface area contributed by atoms with Gasteiger partial charge >= 0.3 is 0 Å². The molecule has 1 aliphatic rings. The zero-order chi connectivity index (χ0) is 19.9. The largest absolute Gasteiger partial charge is 0.352 e. The molecule has 1 aromatic heterocycles. The number of benzene rings is 1. The first-order valence-electron chi connectivity index (χ1n) is 9.36. The molecule has 2 aromatic rings. The van der Waals surface area contributed by atoms with Crippen LogP contribution in [0.5, 0.6) is 0 Å². The lowest BCUT2D eigenvalue weighted by Gasteiger charge is -2.12. The smallest absolute Gasteiger partial charge is 0.253 e. The first kappa shape index (κ1) is 20.6. The number of nitrogens with zero attached hydrogens (tertiary/aromatic N) is 4. The van der Waals surface area contributed by atoms with Crippen LogP contribution in [0.3, 0.4) is 0 Å². The highest BCUT2D eigenvalue weighted by Crippen LogP contribution is 2.31. The Kier molecular flexibility index (Phi) is 7.27. The normalized spacial score (nSPS) is 14.2. The maximum Gasteiger partial charge on any atom is 0.253 e. The molecule has 0 spiro atoms. The molecule has 1 heterocycles. The van der Waals surface area contributed by atoms with Gasteiger partial charge in [-0.2, -0.15) is 0 Å². The molecule has 28 heavy (non-hydrogen) atoms. The maximum atomic E-state index is 12.5. The van der Waals surface area contributed by atoms with Crippen molar-refractivity contribution >= 4 is 40.9 Å². The number of carbonyl (C=O) groups excluding carboxylic acids is 2. The fourth-order valence-corrected chi connectivity index (χ4v) is 4.04. The Morgan fingerprint density at radius 1 is 1.32 bits per heavy atom. The lowest BCUT2D eigenvalue weighted by atomic mass is 10.1.